The molecule has 0 radical (unpaired) electrons. The highest BCUT2D eigenvalue weighted by molar-refractivity contribution is 6.32. The van der Waals surface area contributed by atoms with Crippen molar-refractivity contribution in [2.45, 2.75) is 43.8 Å². The van der Waals surface area contributed by atoms with Crippen LogP contribution in [0.2, 0.25) is 0 Å². The second-order valence-corrected chi connectivity index (χ2v) is 7.90. The van der Waals surface area contributed by atoms with Crippen LogP contribution in [-0.4, -0.2) is 18.3 Å². The Morgan fingerprint density at radius 2 is 1.95 bits per heavy atom. The van der Waals surface area contributed by atoms with Gasteiger partial charge in [0.25, 0.3) is 0 Å². The van der Waals surface area contributed by atoms with Gasteiger partial charge < -0.3 is 9.47 Å². The number of alkyl halides is 1. The lowest BCUT2D eigenvalue weighted by atomic mass is 9.87. The lowest BCUT2D eigenvalue weighted by molar-refractivity contribution is 0.128. The van der Waals surface area contributed by atoms with Crippen LogP contribution in [0.3, 0.4) is 0 Å². The molecule has 2 aliphatic rings. The van der Waals surface area contributed by atoms with Crippen molar-refractivity contribution in [3.05, 3.63) is 52.6 Å². The van der Waals surface area contributed by atoms with Crippen molar-refractivity contribution in [2.24, 2.45) is 0 Å². The standard InChI is InChI=1S/C18H20Cl2O2/c1-17(2,3)22-15-7-5-4-6-13(15)18(20)9-8-12(14(19)10-18)16-11-21-16/h4-9,16H,10-11H2,1-3H3. The monoisotopic (exact) mass is 338 g/mol. The Hall–Kier alpha value is -0.960. The van der Waals surface area contributed by atoms with Crippen LogP contribution < -0.4 is 4.74 Å². The zero-order valence-electron chi connectivity index (χ0n) is 13.0. The highest BCUT2D eigenvalue weighted by Gasteiger charge is 2.38. The van der Waals surface area contributed by atoms with Crippen LogP contribution in [0.4, 0.5) is 0 Å². The molecule has 3 rings (SSSR count). The van der Waals surface area contributed by atoms with E-state index in [0.717, 1.165) is 28.5 Å². The molecule has 4 heteroatoms. The van der Waals surface area contributed by atoms with Crippen LogP contribution in [0, 0.1) is 0 Å². The summed E-state index contributed by atoms with van der Waals surface area (Å²) in [5.74, 6) is 0.797. The fraction of sp³-hybridized carbons (Fsp3) is 0.444. The average Bonchev–Trinajstić information content (AvgIpc) is 3.21. The van der Waals surface area contributed by atoms with Crippen molar-refractivity contribution in [1.29, 1.82) is 0 Å². The van der Waals surface area contributed by atoms with Crippen molar-refractivity contribution in [1.82, 2.24) is 0 Å². The molecule has 0 spiro atoms. The summed E-state index contributed by atoms with van der Waals surface area (Å²) in [4.78, 5) is -0.683. The van der Waals surface area contributed by atoms with Gasteiger partial charge in [0.1, 0.15) is 17.5 Å². The van der Waals surface area contributed by atoms with Gasteiger partial charge in [-0.05, 0) is 32.4 Å². The first-order chi connectivity index (χ1) is 10.3. The predicted molar refractivity (Wildman–Crippen MR) is 90.7 cm³/mol. The molecule has 2 nitrogen and oxygen atoms in total. The summed E-state index contributed by atoms with van der Waals surface area (Å²) in [5.41, 5.74) is 1.71. The summed E-state index contributed by atoms with van der Waals surface area (Å²) in [6.45, 7) is 6.82. The van der Waals surface area contributed by atoms with Gasteiger partial charge in [0.2, 0.25) is 0 Å². The van der Waals surface area contributed by atoms with Gasteiger partial charge in [0.15, 0.2) is 0 Å². The maximum Gasteiger partial charge on any atom is 0.125 e. The van der Waals surface area contributed by atoms with Crippen LogP contribution in [0.25, 0.3) is 0 Å². The Kier molecular flexibility index (Phi) is 4.05. The van der Waals surface area contributed by atoms with E-state index in [9.17, 15) is 0 Å². The summed E-state index contributed by atoms with van der Waals surface area (Å²) in [6.07, 6.45) is 4.69. The largest absolute Gasteiger partial charge is 0.488 e. The van der Waals surface area contributed by atoms with Gasteiger partial charge in [-0.15, -0.1) is 11.6 Å². The average molecular weight is 339 g/mol. The molecule has 2 unspecified atom stereocenters. The van der Waals surface area contributed by atoms with E-state index in [4.69, 9.17) is 32.7 Å². The van der Waals surface area contributed by atoms with Gasteiger partial charge >= 0.3 is 0 Å². The topological polar surface area (TPSA) is 21.8 Å². The Balaban J connectivity index is 1.93. The highest BCUT2D eigenvalue weighted by atomic mass is 35.5. The normalized spacial score (nSPS) is 28.0. The van der Waals surface area contributed by atoms with E-state index in [1.807, 2.05) is 57.2 Å². The molecule has 1 heterocycles. The molecule has 0 amide bonds. The molecule has 1 aliphatic carbocycles. The molecular weight excluding hydrogens is 319 g/mol. The number of hydrogen-bond acceptors (Lipinski definition) is 2. The van der Waals surface area contributed by atoms with Crippen molar-refractivity contribution >= 4 is 23.2 Å². The van der Waals surface area contributed by atoms with E-state index in [2.05, 4.69) is 0 Å². The van der Waals surface area contributed by atoms with E-state index in [1.54, 1.807) is 0 Å². The van der Waals surface area contributed by atoms with E-state index in [-0.39, 0.29) is 11.7 Å². The second kappa shape index (κ2) is 5.59. The lowest BCUT2D eigenvalue weighted by Gasteiger charge is -2.31. The molecule has 0 N–H and O–H groups in total. The Morgan fingerprint density at radius 1 is 1.27 bits per heavy atom. The summed E-state index contributed by atoms with van der Waals surface area (Å²) in [5, 5.41) is 0.769. The third kappa shape index (κ3) is 3.34. The molecule has 22 heavy (non-hydrogen) atoms. The first kappa shape index (κ1) is 15.9. The molecule has 1 aromatic carbocycles. The molecule has 0 bridgehead atoms. The number of rotatable bonds is 3. The summed E-state index contributed by atoms with van der Waals surface area (Å²) in [7, 11) is 0. The zero-order chi connectivity index (χ0) is 16.0. The summed E-state index contributed by atoms with van der Waals surface area (Å²) < 4.78 is 11.4. The molecule has 118 valence electrons. The summed E-state index contributed by atoms with van der Waals surface area (Å²) in [6, 6.07) is 7.88. The van der Waals surface area contributed by atoms with Crippen LogP contribution in [0.15, 0.2) is 47.0 Å². The maximum absolute atomic E-state index is 6.89. The summed E-state index contributed by atoms with van der Waals surface area (Å²) >= 11 is 13.4. The van der Waals surface area contributed by atoms with Gasteiger partial charge in [0, 0.05) is 17.0 Å². The third-order valence-corrected chi connectivity index (χ3v) is 4.50. The van der Waals surface area contributed by atoms with Gasteiger partial charge in [-0.1, -0.05) is 42.0 Å². The highest BCUT2D eigenvalue weighted by Crippen LogP contribution is 2.47. The van der Waals surface area contributed by atoms with Crippen molar-refractivity contribution in [3.63, 3.8) is 0 Å². The quantitative estimate of drug-likeness (QED) is 0.561. The molecule has 0 saturated carbocycles. The minimum Gasteiger partial charge on any atom is -0.488 e. The number of epoxide rings is 1. The number of para-hydroxylation sites is 1. The van der Waals surface area contributed by atoms with Crippen molar-refractivity contribution < 1.29 is 9.47 Å². The fourth-order valence-electron chi connectivity index (χ4n) is 2.62. The lowest BCUT2D eigenvalue weighted by Crippen LogP contribution is -2.26. The van der Waals surface area contributed by atoms with Crippen LogP contribution in [-0.2, 0) is 9.61 Å². The van der Waals surface area contributed by atoms with Crippen LogP contribution in [0.1, 0.15) is 32.8 Å². The first-order valence-electron chi connectivity index (χ1n) is 7.45. The Bertz CT molecular complexity index is 639. The van der Waals surface area contributed by atoms with Crippen molar-refractivity contribution in [2.75, 3.05) is 6.61 Å². The minimum absolute atomic E-state index is 0.144. The predicted octanol–water partition coefficient (Wildman–Crippen LogP) is 5.15. The molecule has 1 saturated heterocycles. The van der Waals surface area contributed by atoms with Crippen LogP contribution in [0.5, 0.6) is 5.75 Å². The van der Waals surface area contributed by atoms with E-state index >= 15 is 0 Å². The SMILES string of the molecule is CC(C)(C)Oc1ccccc1C1(Cl)C=CC(C2CO2)=C(Cl)C1. The molecule has 2 atom stereocenters. The van der Waals surface area contributed by atoms with Gasteiger partial charge in [-0.3, -0.25) is 0 Å². The number of hydrogen-bond donors (Lipinski definition) is 0. The molecule has 1 aliphatic heterocycles. The molecule has 1 fully saturated rings. The smallest absolute Gasteiger partial charge is 0.125 e. The maximum atomic E-state index is 6.89. The third-order valence-electron chi connectivity index (χ3n) is 3.68. The Labute approximate surface area is 141 Å². The van der Waals surface area contributed by atoms with Crippen LogP contribution >= 0.6 is 23.2 Å². The number of benzene rings is 1. The number of halogens is 2. The zero-order valence-corrected chi connectivity index (χ0v) is 14.5. The molecule has 1 aromatic rings. The van der Waals surface area contributed by atoms with E-state index < -0.39 is 4.87 Å². The Morgan fingerprint density at radius 3 is 2.55 bits per heavy atom. The number of allylic oxidation sites excluding steroid dienone is 2. The molecule has 0 aromatic heterocycles. The van der Waals surface area contributed by atoms with Crippen molar-refractivity contribution in [3.8, 4) is 5.75 Å². The fourth-order valence-corrected chi connectivity index (χ4v) is 3.44. The van der Waals surface area contributed by atoms with Gasteiger partial charge in [-0.25, -0.2) is 0 Å². The van der Waals surface area contributed by atoms with E-state index in [0.29, 0.717) is 6.42 Å². The second-order valence-electron chi connectivity index (χ2n) is 6.77. The van der Waals surface area contributed by atoms with E-state index in [1.165, 1.54) is 0 Å². The van der Waals surface area contributed by atoms with Gasteiger partial charge in [-0.2, -0.15) is 0 Å². The minimum atomic E-state index is -0.683. The first-order valence-corrected chi connectivity index (χ1v) is 8.21. The molecular formula is C18H20Cl2O2. The number of ether oxygens (including phenoxy) is 2. The van der Waals surface area contributed by atoms with Gasteiger partial charge in [0.05, 0.1) is 11.5 Å².